The van der Waals surface area contributed by atoms with E-state index in [-0.39, 0.29) is 12.2 Å². The van der Waals surface area contributed by atoms with Gasteiger partial charge in [-0.3, -0.25) is 4.79 Å². The second kappa shape index (κ2) is 6.54. The van der Waals surface area contributed by atoms with Crippen LogP contribution in [0.5, 0.6) is 0 Å². The van der Waals surface area contributed by atoms with Crippen molar-refractivity contribution < 1.29 is 14.3 Å². The van der Waals surface area contributed by atoms with Gasteiger partial charge in [-0.1, -0.05) is 6.07 Å². The number of methoxy groups -OCH3 is 2. The van der Waals surface area contributed by atoms with E-state index in [9.17, 15) is 4.79 Å². The molecular formula is C14H20N2O3. The number of carbonyl (C=O) groups is 1. The average molecular weight is 264 g/mol. The lowest BCUT2D eigenvalue weighted by Crippen LogP contribution is -2.25. The van der Waals surface area contributed by atoms with Crippen LogP contribution in [-0.2, 0) is 14.3 Å². The van der Waals surface area contributed by atoms with Gasteiger partial charge in [0.15, 0.2) is 6.29 Å². The molecular weight excluding hydrogens is 244 g/mol. The van der Waals surface area contributed by atoms with Crippen molar-refractivity contribution in [3.05, 3.63) is 24.3 Å². The van der Waals surface area contributed by atoms with Crippen LogP contribution < -0.4 is 10.2 Å². The molecule has 1 aromatic rings. The summed E-state index contributed by atoms with van der Waals surface area (Å²) in [5.74, 6) is 0.198. The van der Waals surface area contributed by atoms with Crippen LogP contribution in [0.1, 0.15) is 12.8 Å². The number of nitrogens with one attached hydrogen (secondary N) is 1. The largest absolute Gasteiger partial charge is 0.380 e. The second-order valence-corrected chi connectivity index (χ2v) is 4.48. The fourth-order valence-corrected chi connectivity index (χ4v) is 2.17. The first-order chi connectivity index (χ1) is 9.24. The maximum Gasteiger partial charge on any atom is 0.227 e. The Bertz CT molecular complexity index is 432. The summed E-state index contributed by atoms with van der Waals surface area (Å²) in [6, 6.07) is 7.84. The fraction of sp³-hybridized carbons (Fsp3) is 0.500. The van der Waals surface area contributed by atoms with Crippen LogP contribution in [0, 0.1) is 0 Å². The van der Waals surface area contributed by atoms with E-state index >= 15 is 0 Å². The Balaban J connectivity index is 2.01. The van der Waals surface area contributed by atoms with Gasteiger partial charge in [-0.05, 0) is 24.6 Å². The molecule has 0 spiro atoms. The molecule has 104 valence electrons. The standard InChI is InChI=1S/C14H20N2O3/c1-18-14(19-2)10-15-11-5-3-6-12(9-11)16-8-4-7-13(16)17/h3,5-6,9,14-15H,4,7-8,10H2,1-2H3. The second-order valence-electron chi connectivity index (χ2n) is 4.48. The summed E-state index contributed by atoms with van der Waals surface area (Å²) in [4.78, 5) is 13.5. The van der Waals surface area contributed by atoms with Crippen molar-refractivity contribution >= 4 is 17.3 Å². The van der Waals surface area contributed by atoms with Gasteiger partial charge in [0.2, 0.25) is 5.91 Å². The number of carbonyl (C=O) groups excluding carboxylic acids is 1. The van der Waals surface area contributed by atoms with Gasteiger partial charge in [0.1, 0.15) is 0 Å². The molecule has 0 aromatic heterocycles. The fourth-order valence-electron chi connectivity index (χ4n) is 2.17. The predicted molar refractivity (Wildman–Crippen MR) is 74.3 cm³/mol. The highest BCUT2D eigenvalue weighted by Gasteiger charge is 2.21. The Hall–Kier alpha value is -1.59. The highest BCUT2D eigenvalue weighted by molar-refractivity contribution is 5.95. The van der Waals surface area contributed by atoms with Crippen molar-refractivity contribution in [2.24, 2.45) is 0 Å². The zero-order valence-corrected chi connectivity index (χ0v) is 11.4. The van der Waals surface area contributed by atoms with E-state index in [4.69, 9.17) is 9.47 Å². The topological polar surface area (TPSA) is 50.8 Å². The highest BCUT2D eigenvalue weighted by atomic mass is 16.7. The van der Waals surface area contributed by atoms with Crippen molar-refractivity contribution in [2.75, 3.05) is 37.5 Å². The molecule has 0 radical (unpaired) electrons. The summed E-state index contributed by atoms with van der Waals surface area (Å²) in [5, 5.41) is 3.24. The summed E-state index contributed by atoms with van der Waals surface area (Å²) >= 11 is 0. The average Bonchev–Trinajstić information content (AvgIpc) is 2.86. The van der Waals surface area contributed by atoms with Gasteiger partial charge in [0.25, 0.3) is 0 Å². The van der Waals surface area contributed by atoms with Crippen LogP contribution in [-0.4, -0.2) is 39.5 Å². The van der Waals surface area contributed by atoms with Crippen molar-refractivity contribution in [3.63, 3.8) is 0 Å². The van der Waals surface area contributed by atoms with E-state index in [0.29, 0.717) is 13.0 Å². The molecule has 1 fully saturated rings. The van der Waals surface area contributed by atoms with E-state index in [1.165, 1.54) is 0 Å². The minimum absolute atomic E-state index is 0.198. The molecule has 1 aliphatic rings. The van der Waals surface area contributed by atoms with E-state index < -0.39 is 0 Å². The van der Waals surface area contributed by atoms with E-state index in [2.05, 4.69) is 5.32 Å². The van der Waals surface area contributed by atoms with Crippen LogP contribution in [0.2, 0.25) is 0 Å². The number of amides is 1. The zero-order valence-electron chi connectivity index (χ0n) is 11.4. The highest BCUT2D eigenvalue weighted by Crippen LogP contribution is 2.24. The Morgan fingerprint density at radius 2 is 2.16 bits per heavy atom. The summed E-state index contributed by atoms with van der Waals surface area (Å²) in [6.45, 7) is 1.37. The molecule has 0 unspecified atom stereocenters. The van der Waals surface area contributed by atoms with Crippen molar-refractivity contribution in [1.82, 2.24) is 0 Å². The van der Waals surface area contributed by atoms with Crippen LogP contribution >= 0.6 is 0 Å². The summed E-state index contributed by atoms with van der Waals surface area (Å²) < 4.78 is 10.2. The molecule has 1 aromatic carbocycles. The van der Waals surface area contributed by atoms with Gasteiger partial charge in [0, 0.05) is 38.6 Å². The first-order valence-corrected chi connectivity index (χ1v) is 6.44. The molecule has 1 amide bonds. The van der Waals surface area contributed by atoms with Gasteiger partial charge < -0.3 is 19.7 Å². The quantitative estimate of drug-likeness (QED) is 0.797. The van der Waals surface area contributed by atoms with Crippen molar-refractivity contribution in [2.45, 2.75) is 19.1 Å². The third kappa shape index (κ3) is 3.45. The normalized spacial score (nSPS) is 15.3. The van der Waals surface area contributed by atoms with Gasteiger partial charge in [-0.25, -0.2) is 0 Å². The molecule has 1 heterocycles. The number of nitrogens with zero attached hydrogens (tertiary/aromatic N) is 1. The number of anilines is 2. The Morgan fingerprint density at radius 3 is 2.79 bits per heavy atom. The number of hydrogen-bond donors (Lipinski definition) is 1. The van der Waals surface area contributed by atoms with E-state index in [1.807, 2.05) is 29.2 Å². The maximum absolute atomic E-state index is 11.7. The summed E-state index contributed by atoms with van der Waals surface area (Å²) in [6.07, 6.45) is 1.30. The molecule has 0 saturated carbocycles. The molecule has 0 aliphatic carbocycles. The third-order valence-electron chi connectivity index (χ3n) is 3.23. The Labute approximate surface area is 113 Å². The molecule has 5 heteroatoms. The van der Waals surface area contributed by atoms with Crippen LogP contribution in [0.15, 0.2) is 24.3 Å². The van der Waals surface area contributed by atoms with Crippen LogP contribution in [0.3, 0.4) is 0 Å². The van der Waals surface area contributed by atoms with Crippen LogP contribution in [0.25, 0.3) is 0 Å². The Morgan fingerprint density at radius 1 is 1.37 bits per heavy atom. The monoisotopic (exact) mass is 264 g/mol. The molecule has 0 bridgehead atoms. The molecule has 1 saturated heterocycles. The van der Waals surface area contributed by atoms with Crippen LogP contribution in [0.4, 0.5) is 11.4 Å². The molecule has 1 aliphatic heterocycles. The van der Waals surface area contributed by atoms with E-state index in [0.717, 1.165) is 24.3 Å². The molecule has 19 heavy (non-hydrogen) atoms. The van der Waals surface area contributed by atoms with Gasteiger partial charge in [-0.15, -0.1) is 0 Å². The maximum atomic E-state index is 11.7. The zero-order chi connectivity index (χ0) is 13.7. The summed E-state index contributed by atoms with van der Waals surface area (Å²) in [5.41, 5.74) is 1.90. The van der Waals surface area contributed by atoms with Gasteiger partial charge in [-0.2, -0.15) is 0 Å². The number of rotatable bonds is 6. The van der Waals surface area contributed by atoms with E-state index in [1.54, 1.807) is 14.2 Å². The lowest BCUT2D eigenvalue weighted by Gasteiger charge is -2.18. The molecule has 2 rings (SSSR count). The molecule has 0 atom stereocenters. The number of benzene rings is 1. The predicted octanol–water partition coefficient (Wildman–Crippen LogP) is 1.84. The lowest BCUT2D eigenvalue weighted by atomic mass is 10.2. The Kier molecular flexibility index (Phi) is 4.76. The minimum Gasteiger partial charge on any atom is -0.380 e. The lowest BCUT2D eigenvalue weighted by molar-refractivity contribution is -0.117. The first kappa shape index (κ1) is 13.8. The van der Waals surface area contributed by atoms with Gasteiger partial charge >= 0.3 is 0 Å². The SMILES string of the molecule is COC(CNc1cccc(N2CCCC2=O)c1)OC. The van der Waals surface area contributed by atoms with Gasteiger partial charge in [0.05, 0.1) is 6.54 Å². The molecule has 5 nitrogen and oxygen atoms in total. The third-order valence-corrected chi connectivity index (χ3v) is 3.23. The van der Waals surface area contributed by atoms with Crippen molar-refractivity contribution in [1.29, 1.82) is 0 Å². The summed E-state index contributed by atoms with van der Waals surface area (Å²) in [7, 11) is 3.21. The number of hydrogen-bond acceptors (Lipinski definition) is 4. The minimum atomic E-state index is -0.280. The number of ether oxygens (including phenoxy) is 2. The first-order valence-electron chi connectivity index (χ1n) is 6.44. The molecule has 1 N–H and O–H groups in total. The smallest absolute Gasteiger partial charge is 0.227 e. The van der Waals surface area contributed by atoms with Crippen molar-refractivity contribution in [3.8, 4) is 0 Å².